The van der Waals surface area contributed by atoms with E-state index in [9.17, 15) is 19.8 Å². The minimum atomic E-state index is -0.745. The molecular formula is C35H62N2O6. The Hall–Kier alpha value is -1.22. The minimum Gasteiger partial charge on any atom is -0.481 e. The van der Waals surface area contributed by atoms with Gasteiger partial charge >= 0.3 is 11.9 Å². The number of piperidine rings is 2. The second kappa shape index (κ2) is 14.9. The van der Waals surface area contributed by atoms with Crippen molar-refractivity contribution in [1.29, 1.82) is 0 Å². The number of aliphatic hydroxyl groups excluding tert-OH is 2. The van der Waals surface area contributed by atoms with Crippen LogP contribution in [0.1, 0.15) is 124 Å². The number of fused-ring (bicyclic) bond motifs is 5. The third-order valence-corrected chi connectivity index (χ3v) is 13.0. The third-order valence-electron chi connectivity index (χ3n) is 13.0. The molecule has 248 valence electrons. The van der Waals surface area contributed by atoms with Crippen molar-refractivity contribution >= 4 is 11.9 Å². The number of likely N-dealkylation sites (tertiary alicyclic amines) is 2. The molecule has 0 aromatic rings. The van der Waals surface area contributed by atoms with Gasteiger partial charge in [0.05, 0.1) is 12.2 Å². The highest BCUT2D eigenvalue weighted by Gasteiger charge is 2.63. The molecule has 8 heteroatoms. The van der Waals surface area contributed by atoms with Gasteiger partial charge in [-0.05, 0) is 131 Å². The van der Waals surface area contributed by atoms with Crippen molar-refractivity contribution in [2.45, 2.75) is 148 Å². The molecule has 0 unspecified atom stereocenters. The standard InChI is InChI=1S/C29H50N2O2.2C3H6O2/c1-28-12-11-22-21(23(28)18-24(27(28)33)30-13-5-3-6-14-30)10-9-20-17-26(32)25(19-29(20,22)2)31-15-7-4-8-16-31;2*1-2-3(4)5/h20-27,32-33H,3-19H2,1-2H3;2*2H2,1H3,(H,4,5)/t20-,21+,22-,23-,24-,25-,26-,27+,28-,29-;;/m0../s1. The molecule has 0 aromatic heterocycles. The van der Waals surface area contributed by atoms with Crippen LogP contribution in [-0.2, 0) is 9.59 Å². The van der Waals surface area contributed by atoms with Crippen LogP contribution in [0.5, 0.6) is 0 Å². The van der Waals surface area contributed by atoms with E-state index in [0.29, 0.717) is 29.3 Å². The lowest BCUT2D eigenvalue weighted by atomic mass is 9.44. The van der Waals surface area contributed by atoms with Crippen molar-refractivity contribution in [3.8, 4) is 0 Å². The summed E-state index contributed by atoms with van der Waals surface area (Å²) in [7, 11) is 0. The fourth-order valence-electron chi connectivity index (χ4n) is 10.5. The van der Waals surface area contributed by atoms with Crippen molar-refractivity contribution in [2.75, 3.05) is 26.2 Å². The third kappa shape index (κ3) is 7.44. The van der Waals surface area contributed by atoms with Crippen LogP contribution in [-0.4, -0.2) is 92.6 Å². The highest BCUT2D eigenvalue weighted by Crippen LogP contribution is 2.66. The van der Waals surface area contributed by atoms with Crippen molar-refractivity contribution in [3.05, 3.63) is 0 Å². The van der Waals surface area contributed by atoms with Gasteiger partial charge in [-0.25, -0.2) is 0 Å². The Morgan fingerprint density at radius 3 is 1.72 bits per heavy atom. The lowest BCUT2D eigenvalue weighted by Crippen LogP contribution is -2.60. The zero-order chi connectivity index (χ0) is 31.4. The van der Waals surface area contributed by atoms with E-state index in [2.05, 4.69) is 23.6 Å². The van der Waals surface area contributed by atoms with E-state index in [1.165, 1.54) is 103 Å². The Morgan fingerprint density at radius 1 is 0.698 bits per heavy atom. The normalized spacial score (nSPS) is 43.0. The first-order valence-electron chi connectivity index (χ1n) is 17.7. The van der Waals surface area contributed by atoms with Crippen LogP contribution >= 0.6 is 0 Å². The predicted molar refractivity (Wildman–Crippen MR) is 169 cm³/mol. The maximum atomic E-state index is 11.6. The lowest BCUT2D eigenvalue weighted by Gasteiger charge is -2.62. The maximum Gasteiger partial charge on any atom is 0.303 e. The molecule has 4 N–H and O–H groups in total. The summed E-state index contributed by atoms with van der Waals surface area (Å²) in [6.45, 7) is 13.1. The van der Waals surface area contributed by atoms with Gasteiger partial charge < -0.3 is 20.4 Å². The number of aliphatic carboxylic acids is 2. The average Bonchev–Trinajstić information content (AvgIpc) is 3.29. The molecule has 0 bridgehead atoms. The second-order valence-electron chi connectivity index (χ2n) is 15.2. The van der Waals surface area contributed by atoms with E-state index in [1.807, 2.05) is 0 Å². The van der Waals surface area contributed by atoms with Crippen LogP contribution < -0.4 is 0 Å². The SMILES string of the molecule is CCC(=O)O.CCC(=O)O.C[C@]12C[C@H](N3CCCCC3)[C@@H](O)C[C@@H]1CC[C@@H]1[C@@H]2CC[C@]2(C)[C@H](O)[C@@H](N3CCCCC3)C[C@@H]12. The van der Waals surface area contributed by atoms with Crippen molar-refractivity contribution in [3.63, 3.8) is 0 Å². The summed E-state index contributed by atoms with van der Waals surface area (Å²) in [6, 6.07) is 0.785. The Kier molecular flexibility index (Phi) is 12.0. The first-order valence-corrected chi connectivity index (χ1v) is 17.7. The van der Waals surface area contributed by atoms with Gasteiger partial charge in [-0.1, -0.05) is 40.5 Å². The van der Waals surface area contributed by atoms with Gasteiger partial charge in [0, 0.05) is 24.9 Å². The van der Waals surface area contributed by atoms with Crippen LogP contribution in [0, 0.1) is 34.5 Å². The minimum absolute atomic E-state index is 0.118. The molecule has 10 atom stereocenters. The van der Waals surface area contributed by atoms with Crippen molar-refractivity contribution in [2.24, 2.45) is 34.5 Å². The summed E-state index contributed by atoms with van der Waals surface area (Å²) in [4.78, 5) is 24.1. The smallest absolute Gasteiger partial charge is 0.303 e. The van der Waals surface area contributed by atoms with E-state index in [-0.39, 0.29) is 30.5 Å². The number of nitrogens with zero attached hydrogens (tertiary/aromatic N) is 2. The van der Waals surface area contributed by atoms with E-state index in [0.717, 1.165) is 18.3 Å². The van der Waals surface area contributed by atoms with Crippen LogP contribution in [0.4, 0.5) is 0 Å². The van der Waals surface area contributed by atoms with Crippen LogP contribution in [0.25, 0.3) is 0 Å². The molecule has 6 rings (SSSR count). The Labute approximate surface area is 260 Å². The van der Waals surface area contributed by atoms with Crippen LogP contribution in [0.2, 0.25) is 0 Å². The number of carbonyl (C=O) groups is 2. The zero-order valence-electron chi connectivity index (χ0n) is 27.6. The number of hydrogen-bond acceptors (Lipinski definition) is 6. The van der Waals surface area contributed by atoms with Crippen LogP contribution in [0.15, 0.2) is 0 Å². The molecule has 0 aromatic carbocycles. The van der Waals surface area contributed by atoms with Gasteiger partial charge in [0.2, 0.25) is 0 Å². The second-order valence-corrected chi connectivity index (χ2v) is 15.2. The molecule has 0 spiro atoms. The highest BCUT2D eigenvalue weighted by molar-refractivity contribution is 5.66. The summed E-state index contributed by atoms with van der Waals surface area (Å²) >= 11 is 0. The van der Waals surface area contributed by atoms with Gasteiger partial charge in [-0.3, -0.25) is 19.4 Å². The summed E-state index contributed by atoms with van der Waals surface area (Å²) in [5.41, 5.74) is 0.493. The van der Waals surface area contributed by atoms with Gasteiger partial charge in [0.25, 0.3) is 0 Å². The van der Waals surface area contributed by atoms with Crippen molar-refractivity contribution < 1.29 is 30.0 Å². The predicted octanol–water partition coefficient (Wildman–Crippen LogP) is 5.64. The topological polar surface area (TPSA) is 122 Å². The van der Waals surface area contributed by atoms with Gasteiger partial charge in [-0.2, -0.15) is 0 Å². The molecule has 6 aliphatic rings. The molecule has 6 fully saturated rings. The lowest BCUT2D eigenvalue weighted by molar-refractivity contribution is -0.154. The van der Waals surface area contributed by atoms with E-state index < -0.39 is 11.9 Å². The quantitative estimate of drug-likeness (QED) is 0.324. The zero-order valence-corrected chi connectivity index (χ0v) is 27.6. The highest BCUT2D eigenvalue weighted by atomic mass is 16.4. The Morgan fingerprint density at radius 2 is 1.21 bits per heavy atom. The molecular weight excluding hydrogens is 544 g/mol. The number of aliphatic hydroxyl groups is 2. The largest absolute Gasteiger partial charge is 0.481 e. The maximum absolute atomic E-state index is 11.6. The molecule has 2 heterocycles. The van der Waals surface area contributed by atoms with Gasteiger partial charge in [0.1, 0.15) is 0 Å². The Balaban J connectivity index is 0.000000369. The molecule has 8 nitrogen and oxygen atoms in total. The fraction of sp³-hybridized carbons (Fsp3) is 0.943. The molecule has 0 amide bonds. The molecule has 2 saturated heterocycles. The summed E-state index contributed by atoms with van der Waals surface area (Å²) < 4.78 is 0. The summed E-state index contributed by atoms with van der Waals surface area (Å²) in [6.07, 6.45) is 16.8. The average molecular weight is 607 g/mol. The van der Waals surface area contributed by atoms with E-state index >= 15 is 0 Å². The summed E-state index contributed by atoms with van der Waals surface area (Å²) in [5, 5.41) is 38.3. The number of rotatable bonds is 4. The van der Waals surface area contributed by atoms with Crippen molar-refractivity contribution in [1.82, 2.24) is 9.80 Å². The van der Waals surface area contributed by atoms with E-state index in [1.54, 1.807) is 13.8 Å². The molecule has 4 saturated carbocycles. The molecule has 43 heavy (non-hydrogen) atoms. The fourth-order valence-corrected chi connectivity index (χ4v) is 10.5. The monoisotopic (exact) mass is 606 g/mol. The number of hydrogen-bond donors (Lipinski definition) is 4. The van der Waals surface area contributed by atoms with E-state index in [4.69, 9.17) is 10.2 Å². The van der Waals surface area contributed by atoms with Crippen LogP contribution in [0.3, 0.4) is 0 Å². The number of carboxylic acid groups (broad SMARTS) is 2. The first kappa shape index (κ1) is 34.6. The Bertz CT molecular complexity index is 906. The molecule has 0 radical (unpaired) electrons. The molecule has 4 aliphatic carbocycles. The van der Waals surface area contributed by atoms with Gasteiger partial charge in [-0.15, -0.1) is 0 Å². The first-order chi connectivity index (χ1) is 20.5. The molecule has 2 aliphatic heterocycles. The van der Waals surface area contributed by atoms with Gasteiger partial charge in [0.15, 0.2) is 0 Å². The summed E-state index contributed by atoms with van der Waals surface area (Å²) in [5.74, 6) is 1.47. The number of carboxylic acids is 2.